The molecular weight excluding hydrogens is 416 g/mol. The molecule has 32 heavy (non-hydrogen) atoms. The van der Waals surface area contributed by atoms with E-state index in [0.29, 0.717) is 0 Å². The highest BCUT2D eigenvalue weighted by Crippen LogP contribution is 2.38. The molecule has 1 atom stereocenters. The zero-order chi connectivity index (χ0) is 21.7. The van der Waals surface area contributed by atoms with Gasteiger partial charge in [0.15, 0.2) is 0 Å². The molecule has 0 aliphatic carbocycles. The minimum atomic E-state index is -0.00107. The van der Waals surface area contributed by atoms with Gasteiger partial charge in [0.2, 0.25) is 0 Å². The number of carbonyl (C=O) groups is 1. The van der Waals surface area contributed by atoms with Crippen LogP contribution in [0.1, 0.15) is 39.5 Å². The van der Waals surface area contributed by atoms with Crippen LogP contribution in [0.5, 0.6) is 0 Å². The standard InChI is InChI=1S/C26H24N4OS/c1-2-29-16-20(18-7-4-6-10-23(18)29)26(31)30-13-11-17-12-14-32-25(17)24(30)15-22-19-8-3-5-9-21(19)27-28-22/h3-10,12,14,16,24H,2,11,13,15H2,1H3,(H,27,28). The maximum Gasteiger partial charge on any atom is 0.256 e. The molecule has 1 N–H and O–H groups in total. The summed E-state index contributed by atoms with van der Waals surface area (Å²) in [6, 6.07) is 18.6. The first-order chi connectivity index (χ1) is 15.7. The number of carbonyl (C=O) groups excluding carboxylic acids is 1. The second-order valence-corrected chi connectivity index (χ2v) is 9.29. The van der Waals surface area contributed by atoms with Crippen molar-refractivity contribution in [2.75, 3.05) is 6.54 Å². The van der Waals surface area contributed by atoms with Gasteiger partial charge < -0.3 is 9.47 Å². The zero-order valence-corrected chi connectivity index (χ0v) is 18.7. The summed E-state index contributed by atoms with van der Waals surface area (Å²) in [5.74, 6) is 0.112. The van der Waals surface area contributed by atoms with Crippen LogP contribution in [0.3, 0.4) is 0 Å². The molecule has 1 aliphatic rings. The lowest BCUT2D eigenvalue weighted by Crippen LogP contribution is -2.40. The number of hydrogen-bond donors (Lipinski definition) is 1. The molecule has 6 rings (SSSR count). The number of para-hydroxylation sites is 2. The van der Waals surface area contributed by atoms with Gasteiger partial charge in [0.05, 0.1) is 17.1 Å². The fraction of sp³-hybridized carbons (Fsp3) is 0.231. The Hall–Kier alpha value is -3.38. The minimum Gasteiger partial charge on any atom is -0.347 e. The van der Waals surface area contributed by atoms with Gasteiger partial charge in [0.1, 0.15) is 0 Å². The van der Waals surface area contributed by atoms with Gasteiger partial charge in [-0.05, 0) is 42.5 Å². The Kier molecular flexibility index (Phi) is 4.61. The quantitative estimate of drug-likeness (QED) is 0.397. The van der Waals surface area contributed by atoms with Crippen LogP contribution >= 0.6 is 11.3 Å². The van der Waals surface area contributed by atoms with E-state index < -0.39 is 0 Å². The smallest absolute Gasteiger partial charge is 0.256 e. The molecule has 3 aromatic heterocycles. The summed E-state index contributed by atoms with van der Waals surface area (Å²) in [6.45, 7) is 3.68. The van der Waals surface area contributed by atoms with Gasteiger partial charge >= 0.3 is 0 Å². The number of benzene rings is 2. The monoisotopic (exact) mass is 440 g/mol. The van der Waals surface area contributed by atoms with Crippen molar-refractivity contribution >= 4 is 39.0 Å². The number of thiophene rings is 1. The Labute approximate surface area is 190 Å². The van der Waals surface area contributed by atoms with Crippen molar-refractivity contribution in [3.63, 3.8) is 0 Å². The minimum absolute atomic E-state index is 0.00107. The number of fused-ring (bicyclic) bond motifs is 3. The van der Waals surface area contributed by atoms with Crippen LogP contribution in [0.2, 0.25) is 0 Å². The average molecular weight is 441 g/mol. The molecule has 6 heteroatoms. The molecule has 1 aliphatic heterocycles. The van der Waals surface area contributed by atoms with E-state index in [1.54, 1.807) is 11.3 Å². The zero-order valence-electron chi connectivity index (χ0n) is 17.9. The molecule has 0 radical (unpaired) electrons. The predicted octanol–water partition coefficient (Wildman–Crippen LogP) is 5.58. The van der Waals surface area contributed by atoms with Gasteiger partial charge in [-0.15, -0.1) is 11.3 Å². The third-order valence-corrected chi connectivity index (χ3v) is 7.70. The maximum absolute atomic E-state index is 14.0. The van der Waals surface area contributed by atoms with E-state index in [0.717, 1.165) is 59.0 Å². The van der Waals surface area contributed by atoms with Gasteiger partial charge in [-0.2, -0.15) is 5.10 Å². The van der Waals surface area contributed by atoms with Crippen LogP contribution in [0, 0.1) is 0 Å². The van der Waals surface area contributed by atoms with E-state index in [4.69, 9.17) is 0 Å². The Bertz CT molecular complexity index is 1440. The number of amides is 1. The normalized spacial score (nSPS) is 16.0. The number of aromatic nitrogens is 3. The molecule has 160 valence electrons. The number of nitrogens with zero attached hydrogens (tertiary/aromatic N) is 3. The second-order valence-electron chi connectivity index (χ2n) is 8.34. The number of nitrogens with one attached hydrogen (secondary N) is 1. The molecule has 5 aromatic rings. The van der Waals surface area contributed by atoms with Crippen LogP contribution in [0.25, 0.3) is 21.8 Å². The van der Waals surface area contributed by atoms with Crippen LogP contribution in [0.15, 0.2) is 66.2 Å². The molecule has 1 unspecified atom stereocenters. The van der Waals surface area contributed by atoms with Gasteiger partial charge in [0, 0.05) is 52.6 Å². The van der Waals surface area contributed by atoms with Crippen LogP contribution in [-0.2, 0) is 19.4 Å². The van der Waals surface area contributed by atoms with E-state index in [1.807, 2.05) is 36.5 Å². The topological polar surface area (TPSA) is 53.9 Å². The van der Waals surface area contributed by atoms with Crippen molar-refractivity contribution < 1.29 is 4.79 Å². The number of aromatic amines is 1. The largest absolute Gasteiger partial charge is 0.347 e. The number of aryl methyl sites for hydroxylation is 1. The number of hydrogen-bond acceptors (Lipinski definition) is 3. The summed E-state index contributed by atoms with van der Waals surface area (Å²) in [5.41, 5.74) is 5.32. The van der Waals surface area contributed by atoms with E-state index >= 15 is 0 Å². The highest BCUT2D eigenvalue weighted by atomic mass is 32.1. The SMILES string of the molecule is CCn1cc(C(=O)N2CCc3ccsc3C2Cc2[nH]nc3ccccc23)c2ccccc21. The Morgan fingerprint density at radius 3 is 2.81 bits per heavy atom. The van der Waals surface area contributed by atoms with Crippen molar-refractivity contribution in [1.82, 2.24) is 19.7 Å². The summed E-state index contributed by atoms with van der Waals surface area (Å²) in [7, 11) is 0. The van der Waals surface area contributed by atoms with Crippen molar-refractivity contribution in [1.29, 1.82) is 0 Å². The van der Waals surface area contributed by atoms with Crippen LogP contribution in [-0.4, -0.2) is 32.1 Å². The fourth-order valence-corrected chi connectivity index (χ4v) is 6.10. The van der Waals surface area contributed by atoms with Crippen molar-refractivity contribution in [3.05, 3.63) is 87.9 Å². The van der Waals surface area contributed by atoms with E-state index in [2.05, 4.69) is 56.2 Å². The predicted molar refractivity (Wildman–Crippen MR) is 129 cm³/mol. The highest BCUT2D eigenvalue weighted by molar-refractivity contribution is 7.10. The fourth-order valence-electron chi connectivity index (χ4n) is 5.03. The van der Waals surface area contributed by atoms with Gasteiger partial charge in [-0.1, -0.05) is 36.4 Å². The van der Waals surface area contributed by atoms with Gasteiger partial charge in [-0.25, -0.2) is 0 Å². The number of rotatable bonds is 4. The molecule has 0 bridgehead atoms. The molecule has 4 heterocycles. The number of H-pyrrole nitrogens is 1. The lowest BCUT2D eigenvalue weighted by atomic mass is 9.96. The van der Waals surface area contributed by atoms with E-state index in [-0.39, 0.29) is 11.9 Å². The van der Waals surface area contributed by atoms with Crippen molar-refractivity contribution in [2.24, 2.45) is 0 Å². The first-order valence-corrected chi connectivity index (χ1v) is 12.0. The molecule has 1 amide bonds. The van der Waals surface area contributed by atoms with Crippen LogP contribution in [0.4, 0.5) is 0 Å². The Balaban J connectivity index is 1.43. The molecule has 0 saturated heterocycles. The first-order valence-electron chi connectivity index (χ1n) is 11.1. The van der Waals surface area contributed by atoms with Gasteiger partial charge in [-0.3, -0.25) is 9.89 Å². The Morgan fingerprint density at radius 2 is 1.94 bits per heavy atom. The highest BCUT2D eigenvalue weighted by Gasteiger charge is 2.34. The lowest BCUT2D eigenvalue weighted by molar-refractivity contribution is 0.0665. The van der Waals surface area contributed by atoms with Gasteiger partial charge in [0.25, 0.3) is 5.91 Å². The van der Waals surface area contributed by atoms with Crippen molar-refractivity contribution in [2.45, 2.75) is 32.4 Å². The third-order valence-electron chi connectivity index (χ3n) is 6.64. The maximum atomic E-state index is 14.0. The molecule has 0 spiro atoms. The van der Waals surface area contributed by atoms with Crippen LogP contribution < -0.4 is 0 Å². The average Bonchev–Trinajstić information content (AvgIpc) is 3.56. The molecular formula is C26H24N4OS. The molecule has 0 fully saturated rings. The molecule has 0 saturated carbocycles. The summed E-state index contributed by atoms with van der Waals surface area (Å²) < 4.78 is 2.17. The first kappa shape index (κ1) is 19.3. The summed E-state index contributed by atoms with van der Waals surface area (Å²) in [6.07, 6.45) is 3.66. The molecule has 2 aromatic carbocycles. The molecule has 5 nitrogen and oxygen atoms in total. The summed E-state index contributed by atoms with van der Waals surface area (Å²) in [4.78, 5) is 17.3. The van der Waals surface area contributed by atoms with E-state index in [1.165, 1.54) is 10.4 Å². The third kappa shape index (κ3) is 2.98. The second kappa shape index (κ2) is 7.64. The Morgan fingerprint density at radius 1 is 1.12 bits per heavy atom. The van der Waals surface area contributed by atoms with E-state index in [9.17, 15) is 4.79 Å². The van der Waals surface area contributed by atoms with Crippen molar-refractivity contribution in [3.8, 4) is 0 Å². The lowest BCUT2D eigenvalue weighted by Gasteiger charge is -2.35. The summed E-state index contributed by atoms with van der Waals surface area (Å²) >= 11 is 1.76. The summed E-state index contributed by atoms with van der Waals surface area (Å²) in [5, 5.41) is 12.0.